The molecular weight excluding hydrogens is 294 g/mol. The van der Waals surface area contributed by atoms with Gasteiger partial charge in [0.05, 0.1) is 7.11 Å². The maximum absolute atomic E-state index is 9.71. The molecular formula is C16H29N5O2. The van der Waals surface area contributed by atoms with Gasteiger partial charge >= 0.3 is 0 Å². The highest BCUT2D eigenvalue weighted by atomic mass is 16.5. The maximum atomic E-state index is 9.71. The van der Waals surface area contributed by atoms with Crippen LogP contribution in [-0.4, -0.2) is 92.5 Å². The van der Waals surface area contributed by atoms with E-state index in [-0.39, 0.29) is 12.5 Å². The van der Waals surface area contributed by atoms with Gasteiger partial charge in [0.25, 0.3) is 0 Å². The summed E-state index contributed by atoms with van der Waals surface area (Å²) in [5, 5.41) is 9.71. The van der Waals surface area contributed by atoms with Crippen LogP contribution in [0.25, 0.3) is 0 Å². The summed E-state index contributed by atoms with van der Waals surface area (Å²) in [7, 11) is 7.92. The molecule has 0 bridgehead atoms. The molecule has 1 saturated heterocycles. The van der Waals surface area contributed by atoms with Crippen molar-refractivity contribution in [2.45, 2.75) is 0 Å². The van der Waals surface area contributed by atoms with Gasteiger partial charge in [0, 0.05) is 57.5 Å². The van der Waals surface area contributed by atoms with Crippen molar-refractivity contribution in [2.75, 3.05) is 72.5 Å². The van der Waals surface area contributed by atoms with E-state index in [2.05, 4.69) is 45.8 Å². The molecule has 23 heavy (non-hydrogen) atoms. The molecule has 0 aromatic carbocycles. The van der Waals surface area contributed by atoms with Crippen LogP contribution < -0.4 is 9.64 Å². The lowest BCUT2D eigenvalue weighted by molar-refractivity contribution is 0.171. The predicted octanol–water partition coefficient (Wildman–Crippen LogP) is 0.0233. The van der Waals surface area contributed by atoms with Crippen LogP contribution in [0.15, 0.2) is 12.3 Å². The maximum Gasteiger partial charge on any atom is 0.228 e. The lowest BCUT2D eigenvalue weighted by atomic mass is 9.96. The largest absolute Gasteiger partial charge is 0.481 e. The van der Waals surface area contributed by atoms with Gasteiger partial charge in [-0.2, -0.15) is 4.98 Å². The number of nitrogens with zero attached hydrogens (tertiary/aromatic N) is 5. The Bertz CT molecular complexity index is 485. The molecule has 1 N–H and O–H groups in total. The number of aliphatic hydroxyl groups excluding tert-OH is 1. The fourth-order valence-electron chi connectivity index (χ4n) is 2.98. The molecule has 7 nitrogen and oxygen atoms in total. The number of aromatic nitrogens is 2. The third kappa shape index (κ3) is 5.02. The Morgan fingerprint density at radius 2 is 2.00 bits per heavy atom. The first kappa shape index (κ1) is 17.9. The second kappa shape index (κ2) is 8.42. The van der Waals surface area contributed by atoms with Crippen molar-refractivity contribution < 1.29 is 9.84 Å². The fourth-order valence-corrected chi connectivity index (χ4v) is 2.98. The van der Waals surface area contributed by atoms with E-state index < -0.39 is 0 Å². The predicted molar refractivity (Wildman–Crippen MR) is 90.9 cm³/mol. The topological polar surface area (TPSA) is 65.0 Å². The Kier molecular flexibility index (Phi) is 6.56. The number of likely N-dealkylation sites (N-methyl/N-ethyl adjacent to an activating group) is 2. The average Bonchev–Trinajstić information content (AvgIpc) is 2.96. The molecule has 0 amide bonds. The van der Waals surface area contributed by atoms with Crippen LogP contribution >= 0.6 is 0 Å². The molecule has 2 atom stereocenters. The van der Waals surface area contributed by atoms with Crippen LogP contribution in [0.3, 0.4) is 0 Å². The molecule has 2 heterocycles. The molecule has 0 spiro atoms. The number of rotatable bonds is 8. The van der Waals surface area contributed by atoms with Crippen molar-refractivity contribution >= 4 is 5.95 Å². The summed E-state index contributed by atoms with van der Waals surface area (Å²) in [6, 6.07) is 1.75. The summed E-state index contributed by atoms with van der Waals surface area (Å²) >= 11 is 0. The molecule has 7 heteroatoms. The first-order chi connectivity index (χ1) is 11.0. The van der Waals surface area contributed by atoms with E-state index in [1.54, 1.807) is 19.4 Å². The van der Waals surface area contributed by atoms with E-state index in [1.807, 2.05) is 0 Å². The van der Waals surface area contributed by atoms with Crippen LogP contribution in [0, 0.1) is 11.8 Å². The highest BCUT2D eigenvalue weighted by Crippen LogP contribution is 2.27. The highest BCUT2D eigenvalue weighted by Gasteiger charge is 2.34. The lowest BCUT2D eigenvalue weighted by Gasteiger charge is -2.25. The molecule has 1 aromatic rings. The molecule has 130 valence electrons. The van der Waals surface area contributed by atoms with Crippen LogP contribution in [0.4, 0.5) is 5.95 Å². The second-order valence-corrected chi connectivity index (χ2v) is 6.57. The van der Waals surface area contributed by atoms with Gasteiger partial charge in [0.1, 0.15) is 0 Å². The summed E-state index contributed by atoms with van der Waals surface area (Å²) in [4.78, 5) is 15.4. The Labute approximate surface area is 138 Å². The van der Waals surface area contributed by atoms with Gasteiger partial charge in [0.2, 0.25) is 11.8 Å². The van der Waals surface area contributed by atoms with E-state index in [1.165, 1.54) is 0 Å². The number of ether oxygens (including phenoxy) is 1. The van der Waals surface area contributed by atoms with Crippen molar-refractivity contribution in [1.29, 1.82) is 0 Å². The van der Waals surface area contributed by atoms with E-state index in [9.17, 15) is 5.11 Å². The molecule has 1 aliphatic rings. The van der Waals surface area contributed by atoms with Gasteiger partial charge in [-0.25, -0.2) is 4.98 Å². The molecule has 1 aromatic heterocycles. The smallest absolute Gasteiger partial charge is 0.228 e. The third-order valence-electron chi connectivity index (χ3n) is 4.40. The van der Waals surface area contributed by atoms with Crippen molar-refractivity contribution in [3.05, 3.63) is 12.3 Å². The average molecular weight is 323 g/mol. The quantitative estimate of drug-likeness (QED) is 0.724. The number of hydrogen-bond donors (Lipinski definition) is 1. The van der Waals surface area contributed by atoms with E-state index in [0.717, 1.165) is 32.7 Å². The molecule has 0 aliphatic carbocycles. The van der Waals surface area contributed by atoms with Gasteiger partial charge in [-0.3, -0.25) is 0 Å². The fraction of sp³-hybridized carbons (Fsp3) is 0.750. The molecule has 0 saturated carbocycles. The van der Waals surface area contributed by atoms with Gasteiger partial charge in [-0.1, -0.05) is 0 Å². The Morgan fingerprint density at radius 1 is 1.26 bits per heavy atom. The first-order valence-corrected chi connectivity index (χ1v) is 8.09. The van der Waals surface area contributed by atoms with Gasteiger partial charge in [-0.05, 0) is 27.1 Å². The number of anilines is 1. The Hall–Kier alpha value is -1.44. The van der Waals surface area contributed by atoms with E-state index in [4.69, 9.17) is 4.74 Å². The number of methoxy groups -OCH3 is 1. The molecule has 1 aliphatic heterocycles. The second-order valence-electron chi connectivity index (χ2n) is 6.57. The van der Waals surface area contributed by atoms with Crippen LogP contribution in [0.5, 0.6) is 5.88 Å². The van der Waals surface area contributed by atoms with E-state index in [0.29, 0.717) is 17.7 Å². The van der Waals surface area contributed by atoms with Crippen molar-refractivity contribution in [3.8, 4) is 5.88 Å². The summed E-state index contributed by atoms with van der Waals surface area (Å²) in [5.41, 5.74) is 0. The van der Waals surface area contributed by atoms with Crippen molar-refractivity contribution in [2.24, 2.45) is 11.8 Å². The summed E-state index contributed by atoms with van der Waals surface area (Å²) < 4.78 is 5.17. The normalized spacial score (nSPS) is 21.4. The van der Waals surface area contributed by atoms with Gasteiger partial charge < -0.3 is 24.5 Å². The third-order valence-corrected chi connectivity index (χ3v) is 4.40. The zero-order valence-electron chi connectivity index (χ0n) is 14.6. The van der Waals surface area contributed by atoms with Crippen LogP contribution in [0.1, 0.15) is 0 Å². The van der Waals surface area contributed by atoms with Crippen LogP contribution in [-0.2, 0) is 0 Å². The minimum absolute atomic E-state index is 0.201. The monoisotopic (exact) mass is 323 g/mol. The van der Waals surface area contributed by atoms with Crippen molar-refractivity contribution in [3.63, 3.8) is 0 Å². The van der Waals surface area contributed by atoms with Crippen molar-refractivity contribution in [1.82, 2.24) is 19.8 Å². The van der Waals surface area contributed by atoms with E-state index >= 15 is 0 Å². The lowest BCUT2D eigenvalue weighted by Crippen LogP contribution is -2.35. The molecule has 1 fully saturated rings. The Balaban J connectivity index is 1.96. The van der Waals surface area contributed by atoms with Gasteiger partial charge in [0.15, 0.2) is 0 Å². The first-order valence-electron chi connectivity index (χ1n) is 8.09. The zero-order valence-corrected chi connectivity index (χ0v) is 14.6. The minimum Gasteiger partial charge on any atom is -0.481 e. The summed E-state index contributed by atoms with van der Waals surface area (Å²) in [6.45, 7) is 4.89. The summed E-state index contributed by atoms with van der Waals surface area (Å²) in [6.07, 6.45) is 1.71. The van der Waals surface area contributed by atoms with Crippen LogP contribution in [0.2, 0.25) is 0 Å². The number of aliphatic hydroxyl groups is 1. The summed E-state index contributed by atoms with van der Waals surface area (Å²) in [5.74, 6) is 1.93. The molecule has 0 radical (unpaired) electrons. The highest BCUT2D eigenvalue weighted by molar-refractivity contribution is 5.34. The van der Waals surface area contributed by atoms with Gasteiger partial charge in [-0.15, -0.1) is 0 Å². The number of hydrogen-bond acceptors (Lipinski definition) is 7. The minimum atomic E-state index is 0.201. The standard InChI is InChI=1S/C16H29N5O2/c1-19(2)7-8-20(3)9-13-10-21(11-14(13)12-22)16-17-6-5-15(18-16)23-4/h5-6,13-14,22H,7-12H2,1-4H3/t13-,14-/m1/s1. The SMILES string of the molecule is COc1ccnc(N2C[C@@H](CN(C)CCN(C)C)[C@@H](CO)C2)n1. The molecule has 2 rings (SSSR count). The molecule has 0 unspecified atom stereocenters. The Morgan fingerprint density at radius 3 is 2.65 bits per heavy atom. The zero-order chi connectivity index (χ0) is 16.8.